The summed E-state index contributed by atoms with van der Waals surface area (Å²) >= 11 is 0. The summed E-state index contributed by atoms with van der Waals surface area (Å²) in [6, 6.07) is 13.3. The van der Waals surface area contributed by atoms with Crippen molar-refractivity contribution in [1.29, 1.82) is 0 Å². The molecule has 0 bridgehead atoms. The zero-order valence-corrected chi connectivity index (χ0v) is 20.8. The number of methoxy groups -OCH3 is 1. The number of hydrogen-bond donors (Lipinski definition) is 5. The first-order chi connectivity index (χ1) is 16.5. The summed E-state index contributed by atoms with van der Waals surface area (Å²) in [6.45, 7) is 0. The Morgan fingerprint density at radius 2 is 1.22 bits per heavy atom. The predicted molar refractivity (Wildman–Crippen MR) is 133 cm³/mol. The number of fused-ring (bicyclic) bond motifs is 2. The largest absolute Gasteiger partial charge is 0.495 e. The van der Waals surface area contributed by atoms with Gasteiger partial charge < -0.3 is 16.2 Å². The van der Waals surface area contributed by atoms with E-state index >= 15 is 0 Å². The standard InChI is InChI=1S/C11H11NO4S.C10H9NO6S2/c1-16-10-5-2-7-6-8(17(13,14)15)3-4-9(7)11(10)12;11-7-1-2-9-6(3-7)4-8(18(12,13)14)5-10(9)19(15,16)17/h2-6H,12H2,1H3,(H,13,14,15);1-5H,11H2,(H,12,13,14)(H,15,16,17). The number of rotatable bonds is 4. The molecule has 0 atom stereocenters. The van der Waals surface area contributed by atoms with Crippen molar-refractivity contribution in [1.82, 2.24) is 0 Å². The zero-order chi connectivity index (χ0) is 27.1. The molecule has 0 amide bonds. The van der Waals surface area contributed by atoms with E-state index < -0.39 is 40.1 Å². The van der Waals surface area contributed by atoms with Crippen LogP contribution >= 0.6 is 0 Å². The molecule has 0 aliphatic rings. The molecule has 36 heavy (non-hydrogen) atoms. The van der Waals surface area contributed by atoms with E-state index in [0.717, 1.165) is 6.07 Å². The van der Waals surface area contributed by atoms with Crippen LogP contribution < -0.4 is 16.2 Å². The van der Waals surface area contributed by atoms with Crippen LogP contribution in [0, 0.1) is 0 Å². The second-order valence-electron chi connectivity index (χ2n) is 7.39. The molecule has 0 spiro atoms. The molecule has 192 valence electrons. The Morgan fingerprint density at radius 1 is 0.639 bits per heavy atom. The summed E-state index contributed by atoms with van der Waals surface area (Å²) < 4.78 is 98.7. The molecule has 0 aromatic heterocycles. The van der Waals surface area contributed by atoms with Gasteiger partial charge >= 0.3 is 0 Å². The predicted octanol–water partition coefficient (Wildman–Crippen LogP) is 2.59. The van der Waals surface area contributed by atoms with Gasteiger partial charge in [-0.15, -0.1) is 0 Å². The lowest BCUT2D eigenvalue weighted by Gasteiger charge is -2.08. The maximum absolute atomic E-state index is 11.3. The van der Waals surface area contributed by atoms with Gasteiger partial charge in [0.25, 0.3) is 30.4 Å². The number of hydrogen-bond acceptors (Lipinski definition) is 9. The van der Waals surface area contributed by atoms with Gasteiger partial charge in [0.2, 0.25) is 0 Å². The number of nitrogen functional groups attached to an aromatic ring is 2. The number of anilines is 2. The Hall–Kier alpha value is -3.47. The monoisotopic (exact) mass is 556 g/mol. The van der Waals surface area contributed by atoms with Crippen molar-refractivity contribution in [3.63, 3.8) is 0 Å². The molecule has 0 radical (unpaired) electrons. The van der Waals surface area contributed by atoms with E-state index in [0.29, 0.717) is 28.3 Å². The van der Waals surface area contributed by atoms with Gasteiger partial charge in [-0.25, -0.2) is 0 Å². The molecule has 0 aliphatic carbocycles. The van der Waals surface area contributed by atoms with Gasteiger partial charge in [0.15, 0.2) is 0 Å². The molecule has 0 saturated carbocycles. The summed E-state index contributed by atoms with van der Waals surface area (Å²) in [7, 11) is -11.9. The third kappa shape index (κ3) is 5.84. The minimum Gasteiger partial charge on any atom is -0.495 e. The summed E-state index contributed by atoms with van der Waals surface area (Å²) in [5.74, 6) is 0.525. The third-order valence-corrected chi connectivity index (χ3v) is 7.57. The average Bonchev–Trinajstić information content (AvgIpc) is 2.76. The van der Waals surface area contributed by atoms with Crippen LogP contribution in [0.1, 0.15) is 0 Å². The van der Waals surface area contributed by atoms with Crippen molar-refractivity contribution in [2.45, 2.75) is 14.7 Å². The van der Waals surface area contributed by atoms with Crippen LogP contribution in [0.3, 0.4) is 0 Å². The summed E-state index contributed by atoms with van der Waals surface area (Å²) in [5, 5.41) is 1.57. The van der Waals surface area contributed by atoms with Crippen LogP contribution in [0.4, 0.5) is 11.4 Å². The molecule has 4 aromatic carbocycles. The second kappa shape index (κ2) is 9.53. The Morgan fingerprint density at radius 3 is 1.78 bits per heavy atom. The van der Waals surface area contributed by atoms with Crippen molar-refractivity contribution in [2.24, 2.45) is 0 Å². The first kappa shape index (κ1) is 27.1. The first-order valence-corrected chi connectivity index (χ1v) is 14.0. The molecular formula is C21H20N2O10S3. The number of benzene rings is 4. The molecule has 15 heteroatoms. The molecule has 0 heterocycles. The lowest BCUT2D eigenvalue weighted by molar-refractivity contribution is 0.417. The Balaban J connectivity index is 0.000000202. The van der Waals surface area contributed by atoms with E-state index in [1.807, 2.05) is 0 Å². The molecule has 4 aromatic rings. The lowest BCUT2D eigenvalue weighted by atomic mass is 10.1. The molecule has 0 unspecified atom stereocenters. The normalized spacial score (nSPS) is 12.2. The fourth-order valence-electron chi connectivity index (χ4n) is 3.34. The highest BCUT2D eigenvalue weighted by Crippen LogP contribution is 2.32. The van der Waals surface area contributed by atoms with E-state index in [4.69, 9.17) is 29.9 Å². The lowest BCUT2D eigenvalue weighted by Crippen LogP contribution is -2.04. The van der Waals surface area contributed by atoms with Gasteiger partial charge in [0, 0.05) is 16.5 Å². The van der Waals surface area contributed by atoms with Crippen molar-refractivity contribution in [3.8, 4) is 5.75 Å². The molecule has 4 rings (SSSR count). The average molecular weight is 557 g/mol. The van der Waals surface area contributed by atoms with Gasteiger partial charge in [-0.05, 0) is 53.2 Å². The maximum Gasteiger partial charge on any atom is 0.295 e. The summed E-state index contributed by atoms with van der Waals surface area (Å²) in [5.41, 5.74) is 12.1. The quantitative estimate of drug-likeness (QED) is 0.181. The van der Waals surface area contributed by atoms with Crippen molar-refractivity contribution in [2.75, 3.05) is 18.6 Å². The van der Waals surface area contributed by atoms with E-state index in [2.05, 4.69) is 0 Å². The highest BCUT2D eigenvalue weighted by Gasteiger charge is 2.20. The maximum atomic E-state index is 11.3. The minimum atomic E-state index is -4.64. The van der Waals surface area contributed by atoms with E-state index in [1.54, 1.807) is 12.1 Å². The van der Waals surface area contributed by atoms with Crippen LogP contribution in [0.2, 0.25) is 0 Å². The fourth-order valence-corrected chi connectivity index (χ4v) is 5.21. The van der Waals surface area contributed by atoms with Gasteiger partial charge in [0.1, 0.15) is 10.6 Å². The van der Waals surface area contributed by atoms with Gasteiger partial charge in [-0.3, -0.25) is 13.7 Å². The van der Waals surface area contributed by atoms with Crippen LogP contribution in [0.25, 0.3) is 21.5 Å². The fraction of sp³-hybridized carbons (Fsp3) is 0.0476. The number of nitrogens with two attached hydrogens (primary N) is 2. The first-order valence-electron chi connectivity index (χ1n) is 9.64. The zero-order valence-electron chi connectivity index (χ0n) is 18.4. The van der Waals surface area contributed by atoms with Crippen molar-refractivity contribution < 1.29 is 43.6 Å². The van der Waals surface area contributed by atoms with Crippen molar-refractivity contribution in [3.05, 3.63) is 60.7 Å². The van der Waals surface area contributed by atoms with E-state index in [1.165, 1.54) is 43.5 Å². The molecule has 7 N–H and O–H groups in total. The minimum absolute atomic E-state index is 0.101. The van der Waals surface area contributed by atoms with Gasteiger partial charge in [-0.2, -0.15) is 25.3 Å². The molecule has 0 saturated heterocycles. The smallest absolute Gasteiger partial charge is 0.295 e. The second-order valence-corrected chi connectivity index (χ2v) is 11.6. The third-order valence-electron chi connectivity index (χ3n) is 5.00. The van der Waals surface area contributed by atoms with Crippen molar-refractivity contribution >= 4 is 63.3 Å². The van der Waals surface area contributed by atoms with Crippen LogP contribution in [0.15, 0.2) is 75.4 Å². The molecular weight excluding hydrogens is 536 g/mol. The van der Waals surface area contributed by atoms with Gasteiger partial charge in [-0.1, -0.05) is 18.2 Å². The summed E-state index contributed by atoms with van der Waals surface area (Å²) in [4.78, 5) is -1.41. The van der Waals surface area contributed by atoms with Crippen LogP contribution in [0.5, 0.6) is 5.75 Å². The molecule has 0 fully saturated rings. The van der Waals surface area contributed by atoms with Gasteiger partial charge in [0.05, 0.1) is 22.6 Å². The number of ether oxygens (including phenoxy) is 1. The van der Waals surface area contributed by atoms with E-state index in [9.17, 15) is 25.3 Å². The SMILES string of the molecule is COc1ccc2cc(S(=O)(=O)O)ccc2c1N.Nc1ccc2c(S(=O)(=O)O)cc(S(=O)(=O)O)cc2c1. The van der Waals surface area contributed by atoms with E-state index in [-0.39, 0.29) is 21.4 Å². The highest BCUT2D eigenvalue weighted by atomic mass is 32.2. The summed E-state index contributed by atoms with van der Waals surface area (Å²) in [6.07, 6.45) is 0. The highest BCUT2D eigenvalue weighted by molar-refractivity contribution is 7.87. The topological polar surface area (TPSA) is 224 Å². The Kier molecular flexibility index (Phi) is 7.18. The van der Waals surface area contributed by atoms with Crippen LogP contribution in [-0.4, -0.2) is 46.0 Å². The molecule has 0 aliphatic heterocycles. The molecule has 12 nitrogen and oxygen atoms in total. The van der Waals surface area contributed by atoms with Crippen LogP contribution in [-0.2, 0) is 30.4 Å². The Bertz CT molecular complexity index is 1820. The Labute approximate surface area is 206 Å².